The van der Waals surface area contributed by atoms with Crippen molar-refractivity contribution in [3.63, 3.8) is 0 Å². The number of hydrogen-bond acceptors (Lipinski definition) is 8. The summed E-state index contributed by atoms with van der Waals surface area (Å²) in [5.74, 6) is -3.30. The van der Waals surface area contributed by atoms with Gasteiger partial charge in [0, 0.05) is 23.6 Å². The molecule has 4 aromatic rings. The molecule has 12 heteroatoms. The van der Waals surface area contributed by atoms with Gasteiger partial charge in [0.15, 0.2) is 5.58 Å². The van der Waals surface area contributed by atoms with Gasteiger partial charge in [-0.25, -0.2) is 18.7 Å². The van der Waals surface area contributed by atoms with Gasteiger partial charge in [-0.3, -0.25) is 19.6 Å². The Hall–Kier alpha value is -4.22. The van der Waals surface area contributed by atoms with E-state index in [1.165, 1.54) is 4.90 Å². The van der Waals surface area contributed by atoms with Crippen LogP contribution >= 0.6 is 0 Å². The lowest BCUT2D eigenvalue weighted by atomic mass is 9.92. The number of hydrogen-bond donors (Lipinski definition) is 1. The molecule has 5 heterocycles. The van der Waals surface area contributed by atoms with Gasteiger partial charge in [-0.1, -0.05) is 11.2 Å². The lowest BCUT2D eigenvalue weighted by Gasteiger charge is -2.39. The van der Waals surface area contributed by atoms with E-state index in [9.17, 15) is 18.4 Å². The van der Waals surface area contributed by atoms with E-state index in [-0.39, 0.29) is 31.3 Å². The van der Waals surface area contributed by atoms with Gasteiger partial charge in [-0.2, -0.15) is 5.10 Å². The molecule has 1 unspecified atom stereocenters. The summed E-state index contributed by atoms with van der Waals surface area (Å²) in [4.78, 5) is 33.7. The normalized spacial score (nSPS) is 19.6. The molecule has 6 rings (SSSR count). The number of carbonyl (C=O) groups is 2. The summed E-state index contributed by atoms with van der Waals surface area (Å²) >= 11 is 0. The highest BCUT2D eigenvalue weighted by molar-refractivity contribution is 6.02. The standard InChI is InChI=1S/C23H19F2N7O3/c24-23(25)11-31(12-23)15-7-26-19(27-8-15)10-32-9-14(6-28-32)13-1-2-16-18(5-13)35-30-21(16)17-3-4-20(33)29-22(17)34/h1-2,5-9,17H,3-4,10-12H2,(H,29,33,34). The van der Waals surface area contributed by atoms with Crippen molar-refractivity contribution in [2.75, 3.05) is 18.0 Å². The number of halogens is 2. The molecule has 0 aliphatic carbocycles. The zero-order valence-electron chi connectivity index (χ0n) is 18.3. The molecule has 0 bridgehead atoms. The number of benzene rings is 1. The van der Waals surface area contributed by atoms with Gasteiger partial charge in [-0.05, 0) is 24.1 Å². The van der Waals surface area contributed by atoms with Gasteiger partial charge in [0.05, 0.1) is 43.3 Å². The monoisotopic (exact) mass is 479 g/mol. The van der Waals surface area contributed by atoms with E-state index in [0.29, 0.717) is 35.8 Å². The minimum absolute atomic E-state index is 0.267. The number of alkyl halides is 2. The van der Waals surface area contributed by atoms with Gasteiger partial charge in [0.1, 0.15) is 18.1 Å². The Labute approximate surface area is 196 Å². The van der Waals surface area contributed by atoms with E-state index in [2.05, 4.69) is 25.5 Å². The Kier molecular flexibility index (Phi) is 4.83. The smallest absolute Gasteiger partial charge is 0.282 e. The van der Waals surface area contributed by atoms with Crippen LogP contribution in [0.2, 0.25) is 0 Å². The minimum Gasteiger partial charge on any atom is -0.357 e. The highest BCUT2D eigenvalue weighted by atomic mass is 19.3. The largest absolute Gasteiger partial charge is 0.357 e. The van der Waals surface area contributed by atoms with Gasteiger partial charge >= 0.3 is 0 Å². The van der Waals surface area contributed by atoms with E-state index in [4.69, 9.17) is 4.52 Å². The van der Waals surface area contributed by atoms with E-state index in [1.54, 1.807) is 23.3 Å². The zero-order valence-corrected chi connectivity index (χ0v) is 18.3. The fraction of sp³-hybridized carbons (Fsp3) is 0.304. The minimum atomic E-state index is -2.65. The van der Waals surface area contributed by atoms with Gasteiger partial charge in [-0.15, -0.1) is 0 Å². The number of nitrogens with one attached hydrogen (secondary N) is 1. The highest BCUT2D eigenvalue weighted by Crippen LogP contribution is 2.33. The van der Waals surface area contributed by atoms with Crippen molar-refractivity contribution in [2.45, 2.75) is 31.2 Å². The molecule has 2 fully saturated rings. The number of piperidine rings is 1. The van der Waals surface area contributed by atoms with Gasteiger partial charge in [0.2, 0.25) is 11.8 Å². The summed E-state index contributed by atoms with van der Waals surface area (Å²) in [6, 6.07) is 5.57. The second kappa shape index (κ2) is 7.93. The fourth-order valence-corrected chi connectivity index (χ4v) is 4.37. The number of anilines is 1. The van der Waals surface area contributed by atoms with Crippen LogP contribution < -0.4 is 10.2 Å². The van der Waals surface area contributed by atoms with Crippen LogP contribution in [0.5, 0.6) is 0 Å². The van der Waals surface area contributed by atoms with Crippen molar-refractivity contribution < 1.29 is 22.9 Å². The molecule has 1 atom stereocenters. The number of amides is 2. The Morgan fingerprint density at radius 3 is 2.66 bits per heavy atom. The summed E-state index contributed by atoms with van der Waals surface area (Å²) in [7, 11) is 0. The SMILES string of the molecule is O=C1CCC(c2noc3cc(-c4cnn(Cc5ncc(N6CC(F)(F)C6)cn5)c4)ccc23)C(=O)N1. The molecule has 178 valence electrons. The number of rotatable bonds is 5. The zero-order chi connectivity index (χ0) is 24.2. The lowest BCUT2D eigenvalue weighted by Crippen LogP contribution is -2.56. The van der Waals surface area contributed by atoms with Crippen LogP contribution in [0.15, 0.2) is 47.5 Å². The Morgan fingerprint density at radius 2 is 1.91 bits per heavy atom. The molecule has 1 aromatic carbocycles. The van der Waals surface area contributed by atoms with E-state index in [1.807, 2.05) is 24.4 Å². The quantitative estimate of drug-likeness (QED) is 0.434. The maximum atomic E-state index is 13.1. The van der Waals surface area contributed by atoms with Crippen molar-refractivity contribution in [1.82, 2.24) is 30.2 Å². The Morgan fingerprint density at radius 1 is 1.11 bits per heavy atom. The number of fused-ring (bicyclic) bond motifs is 1. The van der Waals surface area contributed by atoms with Crippen molar-refractivity contribution in [3.8, 4) is 11.1 Å². The van der Waals surface area contributed by atoms with Crippen LogP contribution in [0.25, 0.3) is 22.1 Å². The molecule has 2 amide bonds. The number of aromatic nitrogens is 5. The third-order valence-electron chi connectivity index (χ3n) is 6.24. The first-order chi connectivity index (χ1) is 16.8. The molecular formula is C23H19F2N7O3. The molecule has 2 saturated heterocycles. The van der Waals surface area contributed by atoms with Crippen LogP contribution in [0.3, 0.4) is 0 Å². The fourth-order valence-electron chi connectivity index (χ4n) is 4.37. The third-order valence-corrected chi connectivity index (χ3v) is 6.24. The maximum Gasteiger partial charge on any atom is 0.282 e. The van der Waals surface area contributed by atoms with Crippen molar-refractivity contribution in [1.29, 1.82) is 0 Å². The summed E-state index contributed by atoms with van der Waals surface area (Å²) in [6.45, 7) is -0.313. The number of nitrogens with zero attached hydrogens (tertiary/aromatic N) is 6. The van der Waals surface area contributed by atoms with Crippen LogP contribution in [-0.4, -0.2) is 55.7 Å². The second-order valence-corrected chi connectivity index (χ2v) is 8.78. The summed E-state index contributed by atoms with van der Waals surface area (Å²) in [5, 5.41) is 11.5. The molecule has 3 aromatic heterocycles. The highest BCUT2D eigenvalue weighted by Gasteiger charge is 2.44. The molecular weight excluding hydrogens is 460 g/mol. The first-order valence-electron chi connectivity index (χ1n) is 11.0. The Balaban J connectivity index is 1.17. The first kappa shape index (κ1) is 21.3. The van der Waals surface area contributed by atoms with Crippen molar-refractivity contribution in [3.05, 3.63) is 54.5 Å². The van der Waals surface area contributed by atoms with Crippen LogP contribution in [0, 0.1) is 0 Å². The van der Waals surface area contributed by atoms with Crippen molar-refractivity contribution >= 4 is 28.5 Å². The predicted molar refractivity (Wildman–Crippen MR) is 119 cm³/mol. The average Bonchev–Trinajstić information content (AvgIpc) is 3.45. The molecule has 0 radical (unpaired) electrons. The molecule has 1 N–H and O–H groups in total. The second-order valence-electron chi connectivity index (χ2n) is 8.78. The molecule has 2 aliphatic rings. The molecule has 0 spiro atoms. The number of imide groups is 1. The summed E-state index contributed by atoms with van der Waals surface area (Å²) in [6.07, 6.45) is 7.29. The van der Waals surface area contributed by atoms with E-state index in [0.717, 1.165) is 16.5 Å². The van der Waals surface area contributed by atoms with E-state index >= 15 is 0 Å². The summed E-state index contributed by atoms with van der Waals surface area (Å²) < 4.78 is 33.3. The van der Waals surface area contributed by atoms with Crippen LogP contribution in [0.4, 0.5) is 14.5 Å². The van der Waals surface area contributed by atoms with Crippen molar-refractivity contribution in [2.24, 2.45) is 0 Å². The topological polar surface area (TPSA) is 119 Å². The lowest BCUT2D eigenvalue weighted by molar-refractivity contribution is -0.134. The first-order valence-corrected chi connectivity index (χ1v) is 11.0. The number of carbonyl (C=O) groups excluding carboxylic acids is 2. The average molecular weight is 479 g/mol. The van der Waals surface area contributed by atoms with Gasteiger partial charge < -0.3 is 9.42 Å². The van der Waals surface area contributed by atoms with Crippen LogP contribution in [-0.2, 0) is 16.1 Å². The van der Waals surface area contributed by atoms with Crippen LogP contribution in [0.1, 0.15) is 30.3 Å². The molecule has 35 heavy (non-hydrogen) atoms. The van der Waals surface area contributed by atoms with Gasteiger partial charge in [0.25, 0.3) is 5.92 Å². The third kappa shape index (κ3) is 4.00. The predicted octanol–water partition coefficient (Wildman–Crippen LogP) is 2.51. The Bertz CT molecular complexity index is 1440. The molecule has 0 saturated carbocycles. The molecule has 2 aliphatic heterocycles. The maximum absolute atomic E-state index is 13.1. The molecule has 10 nitrogen and oxygen atoms in total. The summed E-state index contributed by atoms with van der Waals surface area (Å²) in [5.41, 5.74) is 3.31. The van der Waals surface area contributed by atoms with E-state index < -0.39 is 11.8 Å².